The topological polar surface area (TPSA) is 502 Å². The molecule has 49 heteroatoms. The summed E-state index contributed by atoms with van der Waals surface area (Å²) in [6, 6.07) is 17.8. The molecule has 0 aromatic heterocycles. The fourth-order valence-corrected chi connectivity index (χ4v) is 20.5. The van der Waals surface area contributed by atoms with Crippen molar-refractivity contribution in [1.82, 2.24) is 21.3 Å². The van der Waals surface area contributed by atoms with E-state index in [1.165, 1.54) is 7.11 Å². The molecule has 3 aromatic rings. The Morgan fingerprint density at radius 3 is 1.11 bits per heavy atom. The monoisotopic (exact) mass is 2210 g/mol. The summed E-state index contributed by atoms with van der Waals surface area (Å²) in [7, 11) is 3.63. The number of amides is 4. The van der Waals surface area contributed by atoms with Gasteiger partial charge in [0, 0.05) is 57.3 Å². The highest BCUT2D eigenvalue weighted by Gasteiger charge is 2.66. The number of carbonyl (C=O) groups excluding carboxylic acids is 12. The molecule has 0 aliphatic carbocycles. The van der Waals surface area contributed by atoms with Crippen LogP contribution in [0.2, 0.25) is 0 Å². The number of halogens is 6. The van der Waals surface area contributed by atoms with Gasteiger partial charge in [-0.1, -0.05) is 189 Å². The molecule has 9 aliphatic rings. The number of benzene rings is 3. The zero-order valence-electron chi connectivity index (χ0n) is 85.3. The molecule has 9 saturated heterocycles. The van der Waals surface area contributed by atoms with Gasteiger partial charge in [0.2, 0.25) is 13.9 Å². The van der Waals surface area contributed by atoms with Crippen molar-refractivity contribution in [2.75, 3.05) is 47.8 Å². The first-order chi connectivity index (χ1) is 70.1. The highest BCUT2D eigenvalue weighted by molar-refractivity contribution is 6.68. The summed E-state index contributed by atoms with van der Waals surface area (Å²) in [4.78, 5) is 165. The molecule has 12 unspecified atom stereocenters. The van der Waals surface area contributed by atoms with Crippen molar-refractivity contribution in [3.63, 3.8) is 0 Å². The van der Waals surface area contributed by atoms with Gasteiger partial charge in [-0.05, 0) is 92.5 Å². The molecule has 9 heterocycles. The number of fused-ring (bicyclic) bond motifs is 2. The van der Waals surface area contributed by atoms with Crippen LogP contribution in [0.4, 0.5) is 19.2 Å². The quantitative estimate of drug-likeness (QED) is 0.0233. The molecule has 9 fully saturated rings. The molecule has 824 valence electrons. The van der Waals surface area contributed by atoms with Crippen LogP contribution in [0.5, 0.6) is 11.5 Å². The number of hydrogen-bond acceptors (Lipinski definition) is 39. The van der Waals surface area contributed by atoms with Gasteiger partial charge >= 0.3 is 72.1 Å². The van der Waals surface area contributed by atoms with Crippen LogP contribution < -0.4 is 30.7 Å². The first-order valence-corrected chi connectivity index (χ1v) is 51.5. The van der Waals surface area contributed by atoms with E-state index in [4.69, 9.17) is 198 Å². The summed E-state index contributed by atoms with van der Waals surface area (Å²) in [5, 5.41) is 11.1. The molecule has 12 rings (SSSR count). The van der Waals surface area contributed by atoms with E-state index in [1.807, 2.05) is 6.92 Å². The van der Waals surface area contributed by atoms with Crippen LogP contribution in [0, 0.1) is 41.4 Å². The van der Waals surface area contributed by atoms with Crippen LogP contribution in [-0.4, -0.2) is 311 Å². The lowest BCUT2D eigenvalue weighted by atomic mass is 9.82. The highest BCUT2D eigenvalue weighted by Crippen LogP contribution is 2.49. The summed E-state index contributed by atoms with van der Waals surface area (Å²) in [5.41, 5.74) is 0.318. The zero-order valence-corrected chi connectivity index (χ0v) is 89.8. The molecule has 43 nitrogen and oxygen atoms in total. The van der Waals surface area contributed by atoms with E-state index in [9.17, 15) is 57.5 Å². The minimum absolute atomic E-state index is 0.0525. The largest absolute Gasteiger partial charge is 0.497 e. The average Bonchev–Trinajstić information content (AvgIpc) is 1.52. The lowest BCUT2D eigenvalue weighted by Gasteiger charge is -2.52. The normalized spacial score (nSPS) is 34.8. The standard InChI is InChI=1S/C99H132Cl6N4O39/c1-20-60-73(144-88-76(141-83(114)56-31-27-25-28-32-56)47(8)45(6)67(137-88)41-127-96(90(116)123-18)39-65-71(108-94(120)139-65)81(147-96)79(131-54(15)112)63(23-4)129-52(13)110)49(10)69(106-92(118)125-43-98(100,101)102)85(134-60)143-75-51(12)78(87(136-62(75)22-3)133-59-37-35-58(122-17)36-38-59)146-86-70(107-93(119)126-44-99(103,104)105)50(11)74(61(21-2)135-86)145-89-77(142-84(115)57-33-29-26-30-34-57)48(9)46(7)68(138-89)42-128-97(91(117)124-19)40-66-72(109-95(121)140-66)82(148-97)80(132-55(16)113)64(24-5)130-53(14)111/h25-38,45-51,60-82,85-89H,20-24,39-44H2,1-19H3,(H,106,118)(H,107,119)(H,108,120)(H,109,121)/t45-,46-,47+,48+,49-,50-,51+,60?,61?,62?,63-,64-,65-,66-,67?,68?,69?,70?,71-,72-,73+,74+,75+,76?,77?,78?,79-,80-,81?,82?,85+,86+,87+,88+,89+,96-,97-/m1/s1. The minimum Gasteiger partial charge on any atom is -0.497 e. The Morgan fingerprint density at radius 1 is 0.419 bits per heavy atom. The van der Waals surface area contributed by atoms with Crippen molar-refractivity contribution in [1.29, 1.82) is 0 Å². The third-order valence-corrected chi connectivity index (χ3v) is 28.8. The van der Waals surface area contributed by atoms with Crippen LogP contribution in [0.15, 0.2) is 84.9 Å². The number of alkyl halides is 6. The second kappa shape index (κ2) is 51.8. The SMILES string of the molecule is CCC1O[C@@H](OC2[C@@H](Oc3ccc(OC)cc3)OC(CC)[C@@H](O[C@@H]3OC(CC)[C@@H](O[C@@H]4OC(CO[C@]5(C(=O)OC)C[C@H]6OC(=O)N[C@H]6C([C@H](OC(C)=O)[C@@H](CC)OC(C)=O)O5)[C@H](C)[C@H](C)C4OC(=O)c4ccccc4)[C@H](C)C3NC(=O)OCC(Cl)(Cl)Cl)[C@@H]2C)C(NC(=O)OCC(Cl)(Cl)Cl)[C@@H](C)[C@@H]1O[C@@H]1OC(CO[C@]2(C(=O)OC)C[C@H]3OC(=O)N[C@H]3C([C@H](OC(C)=O)[C@@H](CC)OC(C)=O)O2)[C@H](C)[C@H](C)C1OC(=O)c1ccccc1. The van der Waals surface area contributed by atoms with Crippen LogP contribution in [0.3, 0.4) is 0 Å². The third kappa shape index (κ3) is 28.9. The van der Waals surface area contributed by atoms with Gasteiger partial charge in [-0.25, -0.2) is 38.4 Å². The number of alkyl carbamates (subject to hydrolysis) is 4. The van der Waals surface area contributed by atoms with Gasteiger partial charge < -0.3 is 149 Å². The van der Waals surface area contributed by atoms with Crippen molar-refractivity contribution in [3.05, 3.63) is 96.1 Å². The second-order valence-corrected chi connectivity index (χ2v) is 43.0. The van der Waals surface area contributed by atoms with E-state index in [0.717, 1.165) is 41.9 Å². The van der Waals surface area contributed by atoms with Gasteiger partial charge in [-0.2, -0.15) is 0 Å². The van der Waals surface area contributed by atoms with Crippen molar-refractivity contribution in [2.24, 2.45) is 41.4 Å². The number of nitrogens with one attached hydrogen (secondary N) is 4. The van der Waals surface area contributed by atoms with Gasteiger partial charge in [0.05, 0.1) is 132 Å². The van der Waals surface area contributed by atoms with Gasteiger partial charge in [-0.15, -0.1) is 0 Å². The maximum absolute atomic E-state index is 14.7. The fourth-order valence-electron chi connectivity index (χ4n) is 20.1. The van der Waals surface area contributed by atoms with E-state index in [1.54, 1.807) is 161 Å². The number of esters is 8. The number of hydrogen-bond donors (Lipinski definition) is 4. The van der Waals surface area contributed by atoms with Crippen molar-refractivity contribution < 1.29 is 185 Å². The summed E-state index contributed by atoms with van der Waals surface area (Å²) < 4.78 is 169. The predicted molar refractivity (Wildman–Crippen MR) is 517 cm³/mol. The van der Waals surface area contributed by atoms with Crippen molar-refractivity contribution in [2.45, 2.75) is 346 Å². The molecule has 0 bridgehead atoms. The Balaban J connectivity index is 0.880. The Kier molecular flexibility index (Phi) is 41.3. The second-order valence-electron chi connectivity index (χ2n) is 38.0. The third-order valence-electron chi connectivity index (χ3n) is 28.2. The number of ether oxygens (including phenoxy) is 27. The van der Waals surface area contributed by atoms with E-state index in [2.05, 4.69) is 21.3 Å². The maximum atomic E-state index is 14.7. The number of rotatable bonds is 40. The van der Waals surface area contributed by atoms with Crippen LogP contribution in [0.25, 0.3) is 0 Å². The predicted octanol–water partition coefficient (Wildman–Crippen LogP) is 12.2. The summed E-state index contributed by atoms with van der Waals surface area (Å²) in [6.45, 7) is 22.9. The Bertz CT molecular complexity index is 5000. The molecule has 37 atom stereocenters. The first-order valence-electron chi connectivity index (χ1n) is 49.3. The molecule has 3 aromatic carbocycles. The average molecular weight is 2210 g/mol. The summed E-state index contributed by atoms with van der Waals surface area (Å²) in [5.74, 6) is -17.0. The van der Waals surface area contributed by atoms with E-state index in [-0.39, 0.29) is 49.0 Å². The summed E-state index contributed by atoms with van der Waals surface area (Å²) in [6.07, 6.45) is -36.2. The van der Waals surface area contributed by atoms with Crippen molar-refractivity contribution >= 4 is 142 Å². The molecular weight excluding hydrogens is 2080 g/mol. The van der Waals surface area contributed by atoms with Crippen LogP contribution in [0.1, 0.15) is 176 Å². The van der Waals surface area contributed by atoms with Crippen molar-refractivity contribution in [3.8, 4) is 11.5 Å². The Hall–Kier alpha value is -8.68. The van der Waals surface area contributed by atoms with Crippen LogP contribution in [-0.2, 0) is 147 Å². The molecule has 9 aliphatic heterocycles. The number of carbonyl (C=O) groups is 12. The van der Waals surface area contributed by atoms with Gasteiger partial charge in [0.15, 0.2) is 49.6 Å². The lowest BCUT2D eigenvalue weighted by Crippen LogP contribution is -2.67. The smallest absolute Gasteiger partial charge is 0.407 e. The first kappa shape index (κ1) is 118. The molecule has 4 N–H and O–H groups in total. The Labute approximate surface area is 886 Å². The molecular formula is C99H132Cl6N4O39. The van der Waals surface area contributed by atoms with E-state index in [0.29, 0.717) is 5.75 Å². The van der Waals surface area contributed by atoms with E-state index < -0.39 is 344 Å². The Morgan fingerprint density at radius 2 is 0.764 bits per heavy atom. The maximum Gasteiger partial charge on any atom is 0.407 e. The lowest BCUT2D eigenvalue weighted by molar-refractivity contribution is -0.368. The number of methoxy groups -OCH3 is 3. The zero-order chi connectivity index (χ0) is 108. The van der Waals surface area contributed by atoms with E-state index >= 15 is 0 Å². The molecule has 0 saturated carbocycles. The minimum atomic E-state index is -2.49. The summed E-state index contributed by atoms with van der Waals surface area (Å²) >= 11 is 37.4. The molecule has 4 amide bonds. The molecule has 0 radical (unpaired) electrons. The van der Waals surface area contributed by atoms with Gasteiger partial charge in [0.25, 0.3) is 11.6 Å². The van der Waals surface area contributed by atoms with Crippen LogP contribution >= 0.6 is 69.6 Å². The molecule has 148 heavy (non-hydrogen) atoms. The van der Waals surface area contributed by atoms with Gasteiger partial charge in [-0.3, -0.25) is 19.2 Å². The molecule has 0 spiro atoms. The van der Waals surface area contributed by atoms with Gasteiger partial charge in [0.1, 0.15) is 67.4 Å². The fraction of sp³-hybridized carbons (Fsp3) is 0.697. The highest BCUT2D eigenvalue weighted by atomic mass is 35.6.